The fourth-order valence-corrected chi connectivity index (χ4v) is 0.726. The van der Waals surface area contributed by atoms with E-state index < -0.39 is 0 Å². The van der Waals surface area contributed by atoms with Crippen LogP contribution < -0.4 is 10.9 Å². The molecule has 1 aromatic rings. The minimum absolute atomic E-state index is 0.223. The molecule has 0 aliphatic carbocycles. The third kappa shape index (κ3) is 2.57. The molecule has 0 fully saturated rings. The number of anilines is 1. The first kappa shape index (κ1) is 8.52. The Balaban J connectivity index is 2.57. The first-order valence-corrected chi connectivity index (χ1v) is 3.46. The van der Waals surface area contributed by atoms with Gasteiger partial charge in [-0.2, -0.15) is 0 Å². The fraction of sp³-hybridized carbons (Fsp3) is 0.125. The molecule has 64 valence electrons. The molecule has 1 rings (SSSR count). The van der Waals surface area contributed by atoms with E-state index in [9.17, 15) is 9.18 Å². The van der Waals surface area contributed by atoms with Crippen molar-refractivity contribution in [3.63, 3.8) is 0 Å². The van der Waals surface area contributed by atoms with Crippen molar-refractivity contribution in [1.29, 1.82) is 0 Å². The van der Waals surface area contributed by atoms with Crippen LogP contribution in [0.25, 0.3) is 0 Å². The molecule has 4 heteroatoms. The average Bonchev–Trinajstić information content (AvgIpc) is 2.01. The number of benzene rings is 1. The lowest BCUT2D eigenvalue weighted by atomic mass is 10.3. The van der Waals surface area contributed by atoms with Gasteiger partial charge in [0.15, 0.2) is 0 Å². The Morgan fingerprint density at radius 2 is 2.25 bits per heavy atom. The van der Waals surface area contributed by atoms with Gasteiger partial charge in [0.1, 0.15) is 5.82 Å². The molecular formula is C8H9FN2O. The normalized spacial score (nSPS) is 9.17. The van der Waals surface area contributed by atoms with E-state index in [2.05, 4.69) is 10.9 Å². The van der Waals surface area contributed by atoms with Crippen molar-refractivity contribution in [2.45, 2.75) is 6.92 Å². The van der Waals surface area contributed by atoms with Crippen molar-refractivity contribution in [2.24, 2.45) is 0 Å². The highest BCUT2D eigenvalue weighted by Crippen LogP contribution is 2.06. The number of halogens is 1. The van der Waals surface area contributed by atoms with Crippen LogP contribution in [-0.4, -0.2) is 5.91 Å². The smallest absolute Gasteiger partial charge is 0.235 e. The maximum absolute atomic E-state index is 12.5. The van der Waals surface area contributed by atoms with Gasteiger partial charge >= 0.3 is 0 Å². The van der Waals surface area contributed by atoms with E-state index in [4.69, 9.17) is 0 Å². The van der Waals surface area contributed by atoms with Crippen LogP contribution in [0, 0.1) is 5.82 Å². The first-order chi connectivity index (χ1) is 5.68. The van der Waals surface area contributed by atoms with Crippen LogP contribution in [0.4, 0.5) is 10.1 Å². The predicted octanol–water partition coefficient (Wildman–Crippen LogP) is 1.29. The minimum atomic E-state index is -0.342. The summed E-state index contributed by atoms with van der Waals surface area (Å²) >= 11 is 0. The molecule has 0 aromatic heterocycles. The molecule has 0 atom stereocenters. The monoisotopic (exact) mass is 168 g/mol. The van der Waals surface area contributed by atoms with E-state index in [1.54, 1.807) is 12.1 Å². The largest absolute Gasteiger partial charge is 0.299 e. The molecule has 0 saturated heterocycles. The van der Waals surface area contributed by atoms with Crippen molar-refractivity contribution in [1.82, 2.24) is 5.43 Å². The molecule has 3 nitrogen and oxygen atoms in total. The zero-order valence-electron chi connectivity index (χ0n) is 6.60. The molecule has 2 N–H and O–H groups in total. The standard InChI is InChI=1S/C8H9FN2O/c1-6(12)10-11-8-4-2-3-7(9)5-8/h2-5,11H,1H3,(H,10,12). The van der Waals surface area contributed by atoms with Crippen LogP contribution in [0.5, 0.6) is 0 Å². The maximum Gasteiger partial charge on any atom is 0.235 e. The summed E-state index contributed by atoms with van der Waals surface area (Å²) in [5, 5.41) is 0. The van der Waals surface area contributed by atoms with Crippen molar-refractivity contribution < 1.29 is 9.18 Å². The molecule has 0 aliphatic rings. The number of carbonyl (C=O) groups excluding carboxylic acids is 1. The van der Waals surface area contributed by atoms with E-state index in [1.807, 2.05) is 0 Å². The average molecular weight is 168 g/mol. The first-order valence-electron chi connectivity index (χ1n) is 3.46. The van der Waals surface area contributed by atoms with Gasteiger partial charge in [-0.25, -0.2) is 4.39 Å². The zero-order valence-corrected chi connectivity index (χ0v) is 6.60. The summed E-state index contributed by atoms with van der Waals surface area (Å²) < 4.78 is 12.5. The highest BCUT2D eigenvalue weighted by Gasteiger charge is 1.93. The van der Waals surface area contributed by atoms with Gasteiger partial charge in [-0.3, -0.25) is 15.6 Å². The van der Waals surface area contributed by atoms with E-state index in [0.29, 0.717) is 5.69 Å². The second kappa shape index (κ2) is 3.71. The molecule has 0 heterocycles. The number of hydrogen-bond donors (Lipinski definition) is 2. The van der Waals surface area contributed by atoms with Crippen LogP contribution >= 0.6 is 0 Å². The van der Waals surface area contributed by atoms with E-state index >= 15 is 0 Å². The number of carbonyl (C=O) groups is 1. The van der Waals surface area contributed by atoms with Gasteiger partial charge in [-0.05, 0) is 18.2 Å². The summed E-state index contributed by atoms with van der Waals surface area (Å²) in [7, 11) is 0. The van der Waals surface area contributed by atoms with E-state index in [1.165, 1.54) is 19.1 Å². The van der Waals surface area contributed by atoms with Gasteiger partial charge in [0.2, 0.25) is 5.91 Å². The SMILES string of the molecule is CC(=O)NNc1cccc(F)c1. The summed E-state index contributed by atoms with van der Waals surface area (Å²) in [5.41, 5.74) is 5.40. The van der Waals surface area contributed by atoms with Gasteiger partial charge < -0.3 is 0 Å². The number of nitrogens with one attached hydrogen (secondary N) is 2. The minimum Gasteiger partial charge on any atom is -0.299 e. The molecule has 1 amide bonds. The Bertz CT molecular complexity index is 288. The van der Waals surface area contributed by atoms with Crippen LogP contribution in [0.1, 0.15) is 6.92 Å². The lowest BCUT2D eigenvalue weighted by Gasteiger charge is -2.05. The Labute approximate surface area is 69.6 Å². The second-order valence-corrected chi connectivity index (χ2v) is 2.32. The lowest BCUT2D eigenvalue weighted by molar-refractivity contribution is -0.118. The third-order valence-corrected chi connectivity index (χ3v) is 1.21. The van der Waals surface area contributed by atoms with Crippen LogP contribution in [0.2, 0.25) is 0 Å². The topological polar surface area (TPSA) is 41.1 Å². The maximum atomic E-state index is 12.5. The van der Waals surface area contributed by atoms with Gasteiger partial charge in [-0.1, -0.05) is 6.07 Å². The molecule has 1 aromatic carbocycles. The third-order valence-electron chi connectivity index (χ3n) is 1.21. The van der Waals surface area contributed by atoms with Gasteiger partial charge in [0.05, 0.1) is 5.69 Å². The van der Waals surface area contributed by atoms with Crippen LogP contribution in [0.3, 0.4) is 0 Å². The van der Waals surface area contributed by atoms with Crippen LogP contribution in [0.15, 0.2) is 24.3 Å². The quantitative estimate of drug-likeness (QED) is 0.653. The Kier molecular flexibility index (Phi) is 2.63. The van der Waals surface area contributed by atoms with Gasteiger partial charge in [0.25, 0.3) is 0 Å². The molecular weight excluding hydrogens is 159 g/mol. The number of rotatable bonds is 2. The van der Waals surface area contributed by atoms with E-state index in [-0.39, 0.29) is 11.7 Å². The molecule has 0 radical (unpaired) electrons. The van der Waals surface area contributed by atoms with Gasteiger partial charge in [-0.15, -0.1) is 0 Å². The van der Waals surface area contributed by atoms with Crippen molar-refractivity contribution in [2.75, 3.05) is 5.43 Å². The number of amides is 1. The second-order valence-electron chi connectivity index (χ2n) is 2.32. The predicted molar refractivity (Wildman–Crippen MR) is 43.8 cm³/mol. The van der Waals surface area contributed by atoms with Crippen LogP contribution in [-0.2, 0) is 4.79 Å². The lowest BCUT2D eigenvalue weighted by Crippen LogP contribution is -2.26. The van der Waals surface area contributed by atoms with Gasteiger partial charge in [0, 0.05) is 6.92 Å². The van der Waals surface area contributed by atoms with Crippen molar-refractivity contribution in [3.05, 3.63) is 30.1 Å². The zero-order chi connectivity index (χ0) is 8.97. The summed E-state index contributed by atoms with van der Waals surface area (Å²) in [6.45, 7) is 1.37. The van der Waals surface area contributed by atoms with Crippen molar-refractivity contribution >= 4 is 11.6 Å². The number of hydrazine groups is 1. The summed E-state index contributed by atoms with van der Waals surface area (Å²) in [6, 6.07) is 5.83. The fourth-order valence-electron chi connectivity index (χ4n) is 0.726. The Morgan fingerprint density at radius 1 is 1.50 bits per heavy atom. The summed E-state index contributed by atoms with van der Waals surface area (Å²) in [6.07, 6.45) is 0. The highest BCUT2D eigenvalue weighted by atomic mass is 19.1. The molecule has 0 unspecified atom stereocenters. The Morgan fingerprint density at radius 3 is 2.83 bits per heavy atom. The van der Waals surface area contributed by atoms with Crippen molar-refractivity contribution in [3.8, 4) is 0 Å². The molecule has 0 bridgehead atoms. The number of hydrogen-bond acceptors (Lipinski definition) is 2. The molecule has 12 heavy (non-hydrogen) atoms. The molecule has 0 saturated carbocycles. The summed E-state index contributed by atoms with van der Waals surface area (Å²) in [4.78, 5) is 10.4. The Hall–Kier alpha value is -1.58. The van der Waals surface area contributed by atoms with E-state index in [0.717, 1.165) is 0 Å². The summed E-state index contributed by atoms with van der Waals surface area (Å²) in [5.74, 6) is -0.565. The highest BCUT2D eigenvalue weighted by molar-refractivity contribution is 5.74. The molecule has 0 spiro atoms. The molecule has 0 aliphatic heterocycles.